The summed E-state index contributed by atoms with van der Waals surface area (Å²) in [6.45, 7) is 1.74. The molecule has 2 N–H and O–H groups in total. The number of hydrogen-bond acceptors (Lipinski definition) is 5. The van der Waals surface area contributed by atoms with Crippen molar-refractivity contribution in [3.05, 3.63) is 0 Å². The van der Waals surface area contributed by atoms with Gasteiger partial charge in [-0.05, 0) is 25.8 Å². The number of carbonyl (C=O) groups is 3. The number of hydrogen-bond donors (Lipinski definition) is 2. The summed E-state index contributed by atoms with van der Waals surface area (Å²) in [5.74, 6) is -0.597. The maximum Gasteiger partial charge on any atom is 0.317 e. The van der Waals surface area contributed by atoms with E-state index in [0.717, 1.165) is 12.8 Å². The number of carboxylic acid groups (broad SMARTS) is 1. The van der Waals surface area contributed by atoms with Gasteiger partial charge in [-0.1, -0.05) is 19.3 Å². The van der Waals surface area contributed by atoms with Gasteiger partial charge in [0, 0.05) is 26.1 Å². The molecule has 0 aromatic carbocycles. The molecule has 8 nitrogen and oxygen atoms in total. The number of carboxylic acids is 1. The summed E-state index contributed by atoms with van der Waals surface area (Å²) < 4.78 is 5.62. The smallest absolute Gasteiger partial charge is 0.317 e. The molecule has 0 bridgehead atoms. The number of amides is 2. The Hall–Kier alpha value is -1.67. The Bertz CT molecular complexity index is 493. The first-order chi connectivity index (χ1) is 12.4. The topological polar surface area (TPSA) is 99.2 Å². The minimum Gasteiger partial charge on any atom is -0.480 e. The Morgan fingerprint density at radius 1 is 1.23 bits per heavy atom. The molecule has 1 aliphatic heterocycles. The second-order valence-corrected chi connectivity index (χ2v) is 7.41. The van der Waals surface area contributed by atoms with Crippen molar-refractivity contribution in [3.63, 3.8) is 0 Å². The number of aliphatic carboxylic acids is 1. The number of rotatable bonds is 8. The number of nitrogens with zero attached hydrogens (tertiary/aromatic N) is 2. The van der Waals surface area contributed by atoms with Crippen molar-refractivity contribution < 1.29 is 24.2 Å². The van der Waals surface area contributed by atoms with E-state index in [1.807, 2.05) is 0 Å². The minimum absolute atomic E-state index is 0.0171. The normalized spacial score (nSPS) is 21.6. The van der Waals surface area contributed by atoms with Crippen LogP contribution in [0, 0.1) is 5.92 Å². The first-order valence-corrected chi connectivity index (χ1v) is 9.50. The van der Waals surface area contributed by atoms with Crippen LogP contribution in [0.1, 0.15) is 38.5 Å². The fraction of sp³-hybridized carbons (Fsp3) is 0.833. The van der Waals surface area contributed by atoms with Crippen LogP contribution in [0.15, 0.2) is 0 Å². The lowest BCUT2D eigenvalue weighted by atomic mass is 9.87. The lowest BCUT2D eigenvalue weighted by molar-refractivity contribution is -0.142. The molecule has 1 atom stereocenters. The van der Waals surface area contributed by atoms with Crippen LogP contribution in [0.25, 0.3) is 0 Å². The van der Waals surface area contributed by atoms with Gasteiger partial charge in [0.2, 0.25) is 11.8 Å². The molecule has 2 aliphatic rings. The first-order valence-electron chi connectivity index (χ1n) is 9.50. The first kappa shape index (κ1) is 20.6. The van der Waals surface area contributed by atoms with E-state index in [1.165, 1.54) is 19.3 Å². The van der Waals surface area contributed by atoms with Gasteiger partial charge in [0.05, 0.1) is 25.8 Å². The molecular formula is C18H31N3O5. The van der Waals surface area contributed by atoms with Crippen molar-refractivity contribution in [2.45, 2.75) is 44.6 Å². The van der Waals surface area contributed by atoms with Crippen molar-refractivity contribution in [1.82, 2.24) is 15.1 Å². The van der Waals surface area contributed by atoms with Crippen LogP contribution < -0.4 is 5.32 Å². The van der Waals surface area contributed by atoms with E-state index in [-0.39, 0.29) is 31.0 Å². The van der Waals surface area contributed by atoms with Crippen molar-refractivity contribution >= 4 is 17.8 Å². The van der Waals surface area contributed by atoms with Crippen molar-refractivity contribution in [3.8, 4) is 0 Å². The third-order valence-corrected chi connectivity index (χ3v) is 5.05. The van der Waals surface area contributed by atoms with E-state index in [0.29, 0.717) is 38.6 Å². The molecule has 1 saturated carbocycles. The highest BCUT2D eigenvalue weighted by atomic mass is 16.5. The number of ether oxygens (including phenoxy) is 1. The van der Waals surface area contributed by atoms with E-state index < -0.39 is 5.97 Å². The van der Waals surface area contributed by atoms with Gasteiger partial charge in [0.1, 0.15) is 0 Å². The molecule has 0 aromatic rings. The Morgan fingerprint density at radius 2 is 1.96 bits per heavy atom. The molecule has 1 heterocycles. The van der Waals surface area contributed by atoms with Crippen LogP contribution >= 0.6 is 0 Å². The second-order valence-electron chi connectivity index (χ2n) is 7.41. The van der Waals surface area contributed by atoms with E-state index in [1.54, 1.807) is 16.8 Å². The monoisotopic (exact) mass is 369 g/mol. The van der Waals surface area contributed by atoms with E-state index in [2.05, 4.69) is 5.32 Å². The molecule has 2 amide bonds. The molecule has 1 saturated heterocycles. The molecule has 8 heteroatoms. The van der Waals surface area contributed by atoms with Crippen LogP contribution in [0.3, 0.4) is 0 Å². The van der Waals surface area contributed by atoms with Gasteiger partial charge in [-0.2, -0.15) is 0 Å². The molecule has 0 spiro atoms. The molecule has 1 unspecified atom stereocenters. The highest BCUT2D eigenvalue weighted by molar-refractivity contribution is 5.84. The van der Waals surface area contributed by atoms with E-state index in [4.69, 9.17) is 9.84 Å². The fourth-order valence-corrected chi connectivity index (χ4v) is 3.71. The largest absolute Gasteiger partial charge is 0.480 e. The van der Waals surface area contributed by atoms with Crippen LogP contribution in [0.4, 0.5) is 0 Å². The van der Waals surface area contributed by atoms with Crippen molar-refractivity contribution in [2.75, 3.05) is 46.4 Å². The molecule has 1 aliphatic carbocycles. The van der Waals surface area contributed by atoms with Crippen LogP contribution in [-0.4, -0.2) is 85.2 Å². The van der Waals surface area contributed by atoms with Gasteiger partial charge in [0.15, 0.2) is 0 Å². The maximum atomic E-state index is 12.4. The standard InChI is InChI=1S/C18H31N3O5/c1-20(13-18(24)25)11-15-12-21(7-8-26-15)17(23)10-19-16(22)9-14-5-3-2-4-6-14/h14-15H,2-13H2,1H3,(H,19,22)(H,24,25). The molecule has 0 aromatic heterocycles. The average molecular weight is 369 g/mol. The zero-order valence-corrected chi connectivity index (χ0v) is 15.6. The van der Waals surface area contributed by atoms with Gasteiger partial charge < -0.3 is 20.1 Å². The van der Waals surface area contributed by atoms with Gasteiger partial charge >= 0.3 is 5.97 Å². The number of likely N-dealkylation sites (N-methyl/N-ethyl adjacent to an activating group) is 1. The molecule has 2 fully saturated rings. The molecule has 0 radical (unpaired) electrons. The van der Waals surface area contributed by atoms with Gasteiger partial charge in [-0.25, -0.2) is 0 Å². The number of carbonyl (C=O) groups excluding carboxylic acids is 2. The lowest BCUT2D eigenvalue weighted by Gasteiger charge is -2.34. The molecule has 148 valence electrons. The Balaban J connectivity index is 1.69. The summed E-state index contributed by atoms with van der Waals surface area (Å²) >= 11 is 0. The van der Waals surface area contributed by atoms with Crippen molar-refractivity contribution in [1.29, 1.82) is 0 Å². The minimum atomic E-state index is -0.892. The molecule has 2 rings (SSSR count). The third kappa shape index (κ3) is 7.29. The average Bonchev–Trinajstić information content (AvgIpc) is 2.60. The SMILES string of the molecule is CN(CC(=O)O)CC1CN(C(=O)CNC(=O)CC2CCCCC2)CCO1. The molecular weight excluding hydrogens is 338 g/mol. The predicted octanol–water partition coefficient (Wildman–Crippen LogP) is 0.317. The Morgan fingerprint density at radius 3 is 2.65 bits per heavy atom. The van der Waals surface area contributed by atoms with Crippen LogP contribution in [0.5, 0.6) is 0 Å². The van der Waals surface area contributed by atoms with Gasteiger partial charge in [-0.3, -0.25) is 19.3 Å². The summed E-state index contributed by atoms with van der Waals surface area (Å²) in [5, 5.41) is 11.6. The maximum absolute atomic E-state index is 12.4. The van der Waals surface area contributed by atoms with E-state index in [9.17, 15) is 14.4 Å². The number of morpholine rings is 1. The quantitative estimate of drug-likeness (QED) is 0.639. The summed E-state index contributed by atoms with van der Waals surface area (Å²) in [7, 11) is 1.71. The summed E-state index contributed by atoms with van der Waals surface area (Å²) in [6.07, 6.45) is 6.17. The Labute approximate surface area is 154 Å². The predicted molar refractivity (Wildman–Crippen MR) is 95.7 cm³/mol. The summed E-state index contributed by atoms with van der Waals surface area (Å²) in [6, 6.07) is 0. The highest BCUT2D eigenvalue weighted by Crippen LogP contribution is 2.25. The lowest BCUT2D eigenvalue weighted by Crippen LogP contribution is -2.51. The molecule has 26 heavy (non-hydrogen) atoms. The highest BCUT2D eigenvalue weighted by Gasteiger charge is 2.26. The summed E-state index contributed by atoms with van der Waals surface area (Å²) in [4.78, 5) is 38.5. The van der Waals surface area contributed by atoms with Gasteiger partial charge in [0.25, 0.3) is 0 Å². The van der Waals surface area contributed by atoms with Gasteiger partial charge in [-0.15, -0.1) is 0 Å². The van der Waals surface area contributed by atoms with Crippen LogP contribution in [-0.2, 0) is 19.1 Å². The zero-order valence-electron chi connectivity index (χ0n) is 15.6. The Kier molecular flexibility index (Phi) is 8.31. The number of nitrogens with one attached hydrogen (secondary N) is 1. The summed E-state index contributed by atoms with van der Waals surface area (Å²) in [5.41, 5.74) is 0. The van der Waals surface area contributed by atoms with Crippen LogP contribution in [0.2, 0.25) is 0 Å². The zero-order chi connectivity index (χ0) is 18.9. The van der Waals surface area contributed by atoms with E-state index >= 15 is 0 Å². The second kappa shape index (κ2) is 10.5. The van der Waals surface area contributed by atoms with Crippen molar-refractivity contribution in [2.24, 2.45) is 5.92 Å². The third-order valence-electron chi connectivity index (χ3n) is 5.05. The fourth-order valence-electron chi connectivity index (χ4n) is 3.71.